The third-order valence-corrected chi connectivity index (χ3v) is 6.18. The monoisotopic (exact) mass is 557 g/mol. The Labute approximate surface area is 228 Å². The summed E-state index contributed by atoms with van der Waals surface area (Å²) in [7, 11) is 1.55. The van der Waals surface area contributed by atoms with E-state index in [1.165, 1.54) is 30.5 Å². The van der Waals surface area contributed by atoms with Crippen molar-refractivity contribution in [2.24, 2.45) is 0 Å². The smallest absolute Gasteiger partial charge is 0.394 e. The number of anilines is 1. The van der Waals surface area contributed by atoms with E-state index in [-0.39, 0.29) is 24.0 Å². The van der Waals surface area contributed by atoms with E-state index in [0.717, 1.165) is 30.0 Å². The number of ether oxygens (including phenoxy) is 1. The van der Waals surface area contributed by atoms with E-state index in [2.05, 4.69) is 47.3 Å². The average molecular weight is 558 g/mol. The van der Waals surface area contributed by atoms with E-state index >= 15 is 0 Å². The van der Waals surface area contributed by atoms with Crippen LogP contribution in [0.4, 0.5) is 14.6 Å². The summed E-state index contributed by atoms with van der Waals surface area (Å²) in [6.07, 6.45) is 4.32. The minimum atomic E-state index is -3.29. The van der Waals surface area contributed by atoms with Crippen molar-refractivity contribution in [3.63, 3.8) is 0 Å². The van der Waals surface area contributed by atoms with Crippen molar-refractivity contribution in [2.75, 3.05) is 12.4 Å². The Balaban J connectivity index is 1.45. The van der Waals surface area contributed by atoms with Crippen LogP contribution >= 0.6 is 11.3 Å². The van der Waals surface area contributed by atoms with Crippen LogP contribution in [0.3, 0.4) is 0 Å². The Morgan fingerprint density at radius 1 is 1.13 bits per heavy atom. The van der Waals surface area contributed by atoms with Gasteiger partial charge in [-0.15, -0.1) is 15.3 Å². The van der Waals surface area contributed by atoms with Crippen molar-refractivity contribution >= 4 is 34.5 Å². The number of carbonyl (C=O) groups is 2. The molecule has 0 unspecified atom stereocenters. The predicted molar refractivity (Wildman–Crippen MR) is 143 cm³/mol. The van der Waals surface area contributed by atoms with E-state index in [1.54, 1.807) is 31.4 Å². The summed E-state index contributed by atoms with van der Waals surface area (Å²) < 4.78 is 30.6. The highest BCUT2D eigenvalue weighted by Gasteiger charge is 2.22. The second kappa shape index (κ2) is 13.6. The third kappa shape index (κ3) is 9.93. The fourth-order valence-electron chi connectivity index (χ4n) is 3.47. The van der Waals surface area contributed by atoms with E-state index in [9.17, 15) is 18.4 Å². The molecule has 0 radical (unpaired) electrons. The van der Waals surface area contributed by atoms with Crippen LogP contribution < -0.4 is 10.6 Å². The number of carbonyl (C=O) groups excluding carboxylic acids is 2. The van der Waals surface area contributed by atoms with Crippen LogP contribution in [0.1, 0.15) is 58.3 Å². The lowest BCUT2D eigenvalue weighted by molar-refractivity contribution is -0.197. The van der Waals surface area contributed by atoms with Crippen LogP contribution in [-0.2, 0) is 28.8 Å². The highest BCUT2D eigenvalue weighted by atomic mass is 32.1. The zero-order valence-corrected chi connectivity index (χ0v) is 22.6. The van der Waals surface area contributed by atoms with Gasteiger partial charge in [-0.25, -0.2) is 0 Å². The first-order valence-corrected chi connectivity index (χ1v) is 12.9. The van der Waals surface area contributed by atoms with Gasteiger partial charge in [-0.05, 0) is 67.2 Å². The number of amides is 2. The molecule has 3 aromatic rings. The second-order valence-electron chi connectivity index (χ2n) is 8.69. The van der Waals surface area contributed by atoms with Gasteiger partial charge < -0.3 is 15.4 Å². The van der Waals surface area contributed by atoms with Crippen molar-refractivity contribution in [2.45, 2.75) is 52.1 Å². The maximum Gasteiger partial charge on any atom is 0.394 e. The van der Waals surface area contributed by atoms with Gasteiger partial charge in [-0.2, -0.15) is 13.9 Å². The predicted octanol–water partition coefficient (Wildman–Crippen LogP) is 4.38. The first kappa shape index (κ1) is 29.4. The van der Waals surface area contributed by atoms with Crippen molar-refractivity contribution in [1.29, 1.82) is 0 Å². The molecule has 3 rings (SSSR count). The van der Waals surface area contributed by atoms with Gasteiger partial charge in [0.1, 0.15) is 10.8 Å². The number of halogens is 2. The first-order valence-electron chi connectivity index (χ1n) is 12.1. The number of nitrogens with one attached hydrogen (secondary N) is 2. The van der Waals surface area contributed by atoms with Crippen molar-refractivity contribution in [1.82, 2.24) is 30.7 Å². The van der Waals surface area contributed by atoms with Crippen LogP contribution in [-0.4, -0.2) is 50.3 Å². The van der Waals surface area contributed by atoms with E-state index in [1.807, 2.05) is 0 Å². The number of allylic oxidation sites excluding steroid dienone is 3. The molecule has 0 spiro atoms. The Kier molecular flexibility index (Phi) is 10.3. The van der Waals surface area contributed by atoms with Gasteiger partial charge in [0.15, 0.2) is 5.82 Å². The lowest BCUT2D eigenvalue weighted by Gasteiger charge is -2.13. The molecular formula is C26H29F2N7O3S. The van der Waals surface area contributed by atoms with Crippen molar-refractivity contribution in [3.05, 3.63) is 75.8 Å². The van der Waals surface area contributed by atoms with E-state index in [4.69, 9.17) is 0 Å². The molecule has 3 heterocycles. The lowest BCUT2D eigenvalue weighted by atomic mass is 10.1. The van der Waals surface area contributed by atoms with E-state index in [0.29, 0.717) is 40.9 Å². The molecule has 0 bridgehead atoms. The molecule has 0 aromatic carbocycles. The number of pyridine rings is 1. The zero-order chi connectivity index (χ0) is 28.4. The number of unbranched alkanes of at least 4 members (excludes halogenated alkanes) is 1. The van der Waals surface area contributed by atoms with Gasteiger partial charge in [-0.1, -0.05) is 17.9 Å². The summed E-state index contributed by atoms with van der Waals surface area (Å²) in [5.74, 6) is -0.222. The van der Waals surface area contributed by atoms with Crippen LogP contribution in [0.25, 0.3) is 5.57 Å². The molecule has 2 amide bonds. The maximum absolute atomic E-state index is 13.0. The number of hydrogen-bond acceptors (Lipinski definition) is 9. The largest absolute Gasteiger partial charge is 0.438 e. The number of rotatable bonds is 13. The number of alkyl halides is 2. The summed E-state index contributed by atoms with van der Waals surface area (Å²) >= 11 is 1.28. The molecule has 0 saturated carbocycles. The van der Waals surface area contributed by atoms with E-state index < -0.39 is 6.11 Å². The summed E-state index contributed by atoms with van der Waals surface area (Å²) in [4.78, 5) is 28.2. The van der Waals surface area contributed by atoms with Gasteiger partial charge in [-0.3, -0.25) is 14.6 Å². The van der Waals surface area contributed by atoms with Crippen LogP contribution in [0, 0.1) is 0 Å². The van der Waals surface area contributed by atoms with Gasteiger partial charge in [0.25, 0.3) is 5.91 Å². The summed E-state index contributed by atoms with van der Waals surface area (Å²) in [6.45, 7) is 5.93. The Morgan fingerprint density at radius 2 is 1.90 bits per heavy atom. The summed E-state index contributed by atoms with van der Waals surface area (Å²) in [5.41, 5.74) is 2.40. The third-order valence-electron chi connectivity index (χ3n) is 5.20. The lowest BCUT2D eigenvalue weighted by Crippen LogP contribution is -2.17. The molecule has 39 heavy (non-hydrogen) atoms. The number of nitrogens with zero attached hydrogens (tertiary/aromatic N) is 5. The number of aryl methyl sites for hydroxylation is 2. The van der Waals surface area contributed by atoms with Gasteiger partial charge >= 0.3 is 6.11 Å². The maximum atomic E-state index is 13.0. The van der Waals surface area contributed by atoms with Gasteiger partial charge in [0, 0.05) is 32.8 Å². The molecule has 0 aliphatic rings. The number of hydrogen-bond donors (Lipinski definition) is 2. The van der Waals surface area contributed by atoms with Gasteiger partial charge in [0.05, 0.1) is 12.1 Å². The highest BCUT2D eigenvalue weighted by Crippen LogP contribution is 2.22. The second-order valence-corrected chi connectivity index (χ2v) is 9.76. The van der Waals surface area contributed by atoms with Gasteiger partial charge in [0.2, 0.25) is 10.9 Å². The normalized spacial score (nSPS) is 11.7. The molecule has 10 nitrogen and oxygen atoms in total. The fourth-order valence-corrected chi connectivity index (χ4v) is 4.30. The minimum Gasteiger partial charge on any atom is -0.438 e. The SMILES string of the molecule is C=C(/C=C(\C)OC(C)(F)F)c1cncc(CC(=O)Nc2ccc(CCCCc3nnc(C(=O)NC)s3)nn2)c1. The molecule has 3 aromatic heterocycles. The highest BCUT2D eigenvalue weighted by molar-refractivity contribution is 7.13. The standard InChI is InChI=1S/C26H29F2N7O3S/c1-16(11-17(2)38-26(3,27)28)19-12-18(14-30-15-19)13-22(36)31-21-10-9-20(32-33-21)7-5-6-8-23-34-35-25(39-23)24(37)29-4/h9-12,14-15H,1,5-8,13H2,2-4H3,(H,29,37)(H,31,33,36)/b17-11+. The molecule has 0 aliphatic carbocycles. The molecule has 0 saturated heterocycles. The molecule has 0 aliphatic heterocycles. The Morgan fingerprint density at radius 3 is 2.59 bits per heavy atom. The molecular weight excluding hydrogens is 528 g/mol. The van der Waals surface area contributed by atoms with Crippen LogP contribution in [0.2, 0.25) is 0 Å². The fraction of sp³-hybridized carbons (Fsp3) is 0.346. The Bertz CT molecular complexity index is 1340. The topological polar surface area (TPSA) is 132 Å². The molecule has 2 N–H and O–H groups in total. The summed E-state index contributed by atoms with van der Waals surface area (Å²) in [5, 5.41) is 22.6. The first-order chi connectivity index (χ1) is 18.5. The van der Waals surface area contributed by atoms with Crippen LogP contribution in [0.5, 0.6) is 0 Å². The van der Waals surface area contributed by atoms with Crippen molar-refractivity contribution < 1.29 is 23.1 Å². The summed E-state index contributed by atoms with van der Waals surface area (Å²) in [6, 6.07) is 5.20. The average Bonchev–Trinajstić information content (AvgIpc) is 3.35. The van der Waals surface area contributed by atoms with Crippen molar-refractivity contribution in [3.8, 4) is 0 Å². The molecule has 0 fully saturated rings. The quantitative estimate of drug-likeness (QED) is 0.180. The Hall–Kier alpha value is -4.13. The minimum absolute atomic E-state index is 0.00550. The number of aromatic nitrogens is 5. The molecule has 206 valence electrons. The van der Waals surface area contributed by atoms with Crippen LogP contribution in [0.15, 0.2) is 49.0 Å². The zero-order valence-electron chi connectivity index (χ0n) is 21.8. The molecule has 13 heteroatoms. The molecule has 0 atom stereocenters.